The summed E-state index contributed by atoms with van der Waals surface area (Å²) in [6, 6.07) is 16.0. The molecule has 0 saturated carbocycles. The number of hydrogen-bond donors (Lipinski definition) is 0. The van der Waals surface area contributed by atoms with E-state index in [1.807, 2.05) is 26.1 Å². The van der Waals surface area contributed by atoms with E-state index >= 15 is 0 Å². The molecule has 0 atom stereocenters. The van der Waals surface area contributed by atoms with Gasteiger partial charge in [-0.2, -0.15) is 0 Å². The van der Waals surface area contributed by atoms with Crippen LogP contribution in [0.5, 0.6) is 0 Å². The van der Waals surface area contributed by atoms with Crippen LogP contribution in [0.15, 0.2) is 42.5 Å². The number of aromatic nitrogens is 1. The molecule has 25 heavy (non-hydrogen) atoms. The third kappa shape index (κ3) is 2.42. The van der Waals surface area contributed by atoms with Gasteiger partial charge >= 0.3 is 158 Å². The molecule has 0 aliphatic heterocycles. The molecule has 0 amide bonds. The number of fused-ring (bicyclic) bond motifs is 3. The maximum atomic E-state index is 9.52. The summed E-state index contributed by atoms with van der Waals surface area (Å²) >= 11 is -0.00473. The zero-order valence-electron chi connectivity index (χ0n) is 17.3. The molecule has 2 heterocycles. The van der Waals surface area contributed by atoms with Gasteiger partial charge in [0.2, 0.25) is 0 Å². The van der Waals surface area contributed by atoms with Crippen molar-refractivity contribution in [1.29, 1.82) is 5.26 Å². The molecular weight excluding hydrogens is 371 g/mol. The van der Waals surface area contributed by atoms with Gasteiger partial charge in [-0.25, -0.2) is 0 Å². The van der Waals surface area contributed by atoms with Crippen molar-refractivity contribution in [2.75, 3.05) is 0 Å². The Hall–Kier alpha value is -2.40. The fraction of sp³-hybridized carbons (Fsp3) is 0.182. The predicted molar refractivity (Wildman–Crippen MR) is 104 cm³/mol. The first-order chi connectivity index (χ1) is 13.2. The number of rotatable bonds is 1. The molecule has 0 fully saturated rings. The average Bonchev–Trinajstić information content (AvgIpc) is 3.02. The Kier molecular flexibility index (Phi) is 3.01. The van der Waals surface area contributed by atoms with E-state index in [2.05, 4.69) is 35.8 Å². The Morgan fingerprint density at radius 2 is 1.88 bits per heavy atom. The predicted octanol–water partition coefficient (Wildman–Crippen LogP) is 4.34. The number of benzene rings is 2. The van der Waals surface area contributed by atoms with Crippen molar-refractivity contribution in [2.45, 2.75) is 20.7 Å². The van der Waals surface area contributed by atoms with Crippen LogP contribution in [0.25, 0.3) is 30.6 Å². The molecule has 2 nitrogen and oxygen atoms in total. The average molecular weight is 393 g/mol. The van der Waals surface area contributed by atoms with E-state index in [4.69, 9.17) is 4.11 Å². The Morgan fingerprint density at radius 1 is 1.08 bits per heavy atom. The Morgan fingerprint density at radius 3 is 2.64 bits per heavy atom. The molecule has 3 heteroatoms. The van der Waals surface area contributed by atoms with E-state index < -0.39 is 6.85 Å². The van der Waals surface area contributed by atoms with Gasteiger partial charge in [0.1, 0.15) is 0 Å². The third-order valence-electron chi connectivity index (χ3n) is 4.80. The summed E-state index contributed by atoms with van der Waals surface area (Å²) in [5.41, 5.74) is 5.11. The van der Waals surface area contributed by atoms with E-state index in [1.54, 1.807) is 12.1 Å². The van der Waals surface area contributed by atoms with Crippen LogP contribution in [0.4, 0.5) is 0 Å². The van der Waals surface area contributed by atoms with Crippen LogP contribution in [0.2, 0.25) is 0 Å². The zero-order chi connectivity index (χ0) is 20.2. The van der Waals surface area contributed by atoms with E-state index in [0.29, 0.717) is 5.56 Å². The molecule has 0 unspecified atom stereocenters. The molecule has 122 valence electrons. The van der Waals surface area contributed by atoms with Gasteiger partial charge in [0.05, 0.1) is 0 Å². The first-order valence-electron chi connectivity index (χ1n) is 9.59. The Labute approximate surface area is 157 Å². The summed E-state index contributed by atoms with van der Waals surface area (Å²) in [5, 5.41) is 11.8. The summed E-state index contributed by atoms with van der Waals surface area (Å²) in [7, 11) is 1.97. The van der Waals surface area contributed by atoms with Gasteiger partial charge < -0.3 is 0 Å². The van der Waals surface area contributed by atoms with Crippen LogP contribution in [0.1, 0.15) is 26.5 Å². The van der Waals surface area contributed by atoms with Crippen LogP contribution in [-0.2, 0) is 7.05 Å². The van der Waals surface area contributed by atoms with Gasteiger partial charge in [-0.3, -0.25) is 0 Å². The van der Waals surface area contributed by atoms with Crippen molar-refractivity contribution in [3.63, 3.8) is 0 Å². The first kappa shape index (κ1) is 12.9. The molecule has 0 aliphatic carbocycles. The van der Waals surface area contributed by atoms with Crippen molar-refractivity contribution in [1.82, 2.24) is 0 Å². The summed E-state index contributed by atoms with van der Waals surface area (Å²) in [6.07, 6.45) is 0. The number of hydrogen-bond acceptors (Lipinski definition) is 1. The molecule has 4 rings (SSSR count). The van der Waals surface area contributed by atoms with Crippen LogP contribution in [-0.4, -0.2) is 14.5 Å². The number of nitriles is 1. The fourth-order valence-corrected chi connectivity index (χ4v) is 6.28. The molecule has 0 radical (unpaired) electrons. The fourth-order valence-electron chi connectivity index (χ4n) is 3.40. The van der Waals surface area contributed by atoms with Crippen molar-refractivity contribution >= 4 is 33.8 Å². The second kappa shape index (κ2) is 5.84. The number of pyridine rings is 1. The van der Waals surface area contributed by atoms with Crippen molar-refractivity contribution in [2.24, 2.45) is 7.05 Å². The van der Waals surface area contributed by atoms with Gasteiger partial charge in [0.15, 0.2) is 0 Å². The first-order valence-corrected chi connectivity index (χ1v) is 9.80. The number of nitrogens with zero attached hydrogens (tertiary/aromatic N) is 2. The molecule has 0 aliphatic rings. The van der Waals surface area contributed by atoms with E-state index in [9.17, 15) is 5.26 Å². The second-order valence-corrected chi connectivity index (χ2v) is 8.50. The summed E-state index contributed by atoms with van der Waals surface area (Å²) in [6.45, 7) is 1.85. The topological polar surface area (TPSA) is 27.7 Å². The summed E-state index contributed by atoms with van der Waals surface area (Å²) in [5.74, 6) is 0. The van der Waals surface area contributed by atoms with E-state index in [-0.39, 0.29) is 14.5 Å². The monoisotopic (exact) mass is 394 g/mol. The molecule has 0 bridgehead atoms. The Bertz CT molecular complexity index is 1290. The van der Waals surface area contributed by atoms with Gasteiger partial charge in [0, 0.05) is 0 Å². The van der Waals surface area contributed by atoms with Gasteiger partial charge in [0.25, 0.3) is 0 Å². The number of aryl methyl sites for hydroxylation is 3. The second-order valence-electron chi connectivity index (χ2n) is 6.36. The maximum absolute atomic E-state index is 9.52. The normalized spacial score (nSPS) is 13.4. The minimum atomic E-state index is -2.15. The van der Waals surface area contributed by atoms with Crippen LogP contribution in [0, 0.1) is 32.0 Å². The molecule has 4 aromatic rings. The quantitative estimate of drug-likeness (QED) is 0.349. The Balaban J connectivity index is 2.15. The zero-order valence-corrected chi connectivity index (χ0v) is 16.1. The van der Waals surface area contributed by atoms with Crippen LogP contribution in [0.3, 0.4) is 0 Å². The molecule has 0 N–H and O–H groups in total. The molecule has 0 saturated heterocycles. The van der Waals surface area contributed by atoms with Crippen molar-refractivity contribution in [3.05, 3.63) is 64.8 Å². The minimum absolute atomic E-state index is 0.00473. The van der Waals surface area contributed by atoms with Crippen LogP contribution < -0.4 is 4.57 Å². The SMILES string of the molecule is [2H]C([2H])([2H])c1cc(C)[n+](C)c(-c2c(C)ccc3c2[se]c2c(C#N)cccc23)c1. The van der Waals surface area contributed by atoms with Gasteiger partial charge in [-0.05, 0) is 0 Å². The van der Waals surface area contributed by atoms with Crippen molar-refractivity contribution in [3.8, 4) is 17.3 Å². The van der Waals surface area contributed by atoms with E-state index in [0.717, 1.165) is 43.1 Å². The molecule has 0 spiro atoms. The van der Waals surface area contributed by atoms with Gasteiger partial charge in [-0.1, -0.05) is 0 Å². The van der Waals surface area contributed by atoms with E-state index in [1.165, 1.54) is 4.26 Å². The summed E-state index contributed by atoms with van der Waals surface area (Å²) < 4.78 is 28.0. The molecule has 2 aromatic carbocycles. The third-order valence-corrected chi connectivity index (χ3v) is 7.47. The molecular formula is C22H19N2Se+. The molecule has 2 aromatic heterocycles. The van der Waals surface area contributed by atoms with Crippen molar-refractivity contribution < 1.29 is 8.68 Å². The summed E-state index contributed by atoms with van der Waals surface area (Å²) in [4.78, 5) is 0. The van der Waals surface area contributed by atoms with Crippen LogP contribution >= 0.6 is 0 Å². The standard InChI is InChI=1S/C22H19N2Se/c1-13-10-15(3)24(4)19(11-13)20-14(2)8-9-18-17-7-5-6-16(12-23)21(17)25-22(18)20/h5-11H,1-4H3/q+1/i1D3. The van der Waals surface area contributed by atoms with Gasteiger partial charge in [-0.15, -0.1) is 0 Å².